The third-order valence-corrected chi connectivity index (χ3v) is 3.91. The number of hydrogen-bond donors (Lipinski definition) is 2. The third kappa shape index (κ3) is 7.21. The molecule has 2 N–H and O–H groups in total. The van der Waals surface area contributed by atoms with E-state index in [0.717, 1.165) is 37.8 Å². The van der Waals surface area contributed by atoms with Gasteiger partial charge in [0.25, 0.3) is 0 Å². The summed E-state index contributed by atoms with van der Waals surface area (Å²) in [5, 5.41) is 6.52. The molecule has 0 amide bonds. The Balaban J connectivity index is 1.82. The van der Waals surface area contributed by atoms with Crippen molar-refractivity contribution in [3.05, 3.63) is 35.4 Å². The number of nitrogens with zero attached hydrogens (tertiary/aromatic N) is 1. The summed E-state index contributed by atoms with van der Waals surface area (Å²) in [6, 6.07) is 7.21. The van der Waals surface area contributed by atoms with Crippen LogP contribution in [0.5, 0.6) is 0 Å². The number of guanidine groups is 1. The smallest absolute Gasteiger partial charge is 0.380 e. The first-order valence-corrected chi connectivity index (χ1v) is 8.62. The van der Waals surface area contributed by atoms with Gasteiger partial charge in [-0.05, 0) is 18.1 Å². The Labute approximate surface area is 152 Å². The molecule has 1 aliphatic heterocycles. The molecule has 1 aromatic rings. The first-order chi connectivity index (χ1) is 12.3. The van der Waals surface area contributed by atoms with Gasteiger partial charge < -0.3 is 20.1 Å². The van der Waals surface area contributed by atoms with Gasteiger partial charge in [0, 0.05) is 18.5 Å². The summed E-state index contributed by atoms with van der Waals surface area (Å²) < 4.78 is 46.1. The Kier molecular flexibility index (Phi) is 7.28. The fraction of sp³-hybridized carbons (Fsp3) is 0.611. The van der Waals surface area contributed by atoms with Gasteiger partial charge in [0.15, 0.2) is 5.96 Å². The molecule has 1 heterocycles. The normalized spacial score (nSPS) is 16.9. The zero-order valence-electron chi connectivity index (χ0n) is 15.2. The molecule has 0 radical (unpaired) electrons. The molecule has 1 aliphatic rings. The van der Waals surface area contributed by atoms with Gasteiger partial charge in [-0.3, -0.25) is 0 Å². The molecule has 0 bridgehead atoms. The monoisotopic (exact) mass is 373 g/mol. The van der Waals surface area contributed by atoms with Crippen LogP contribution in [0.2, 0.25) is 0 Å². The van der Waals surface area contributed by atoms with Crippen molar-refractivity contribution in [1.29, 1.82) is 0 Å². The minimum absolute atomic E-state index is 0.0616. The van der Waals surface area contributed by atoms with Crippen LogP contribution in [0, 0.1) is 5.41 Å². The largest absolute Gasteiger partial charge is 0.411 e. The zero-order chi connectivity index (χ0) is 19.0. The summed E-state index contributed by atoms with van der Waals surface area (Å²) in [6.07, 6.45) is -4.30. The van der Waals surface area contributed by atoms with Gasteiger partial charge in [-0.25, -0.2) is 4.99 Å². The highest BCUT2D eigenvalue weighted by Gasteiger charge is 2.33. The van der Waals surface area contributed by atoms with Gasteiger partial charge in [-0.1, -0.05) is 31.2 Å². The van der Waals surface area contributed by atoms with Crippen LogP contribution < -0.4 is 10.6 Å². The maximum absolute atomic E-state index is 12.1. The number of benzene rings is 1. The van der Waals surface area contributed by atoms with Crippen molar-refractivity contribution in [2.45, 2.75) is 33.2 Å². The van der Waals surface area contributed by atoms with Gasteiger partial charge >= 0.3 is 6.18 Å². The molecular weight excluding hydrogens is 347 g/mol. The Bertz CT molecular complexity index is 584. The third-order valence-electron chi connectivity index (χ3n) is 3.91. The quantitative estimate of drug-likeness (QED) is 0.544. The number of rotatable bonds is 8. The number of nitrogens with one attached hydrogen (secondary N) is 2. The average Bonchev–Trinajstić information content (AvgIpc) is 2.56. The second-order valence-electron chi connectivity index (χ2n) is 6.78. The molecule has 1 saturated heterocycles. The van der Waals surface area contributed by atoms with Crippen LogP contribution in [0.3, 0.4) is 0 Å². The molecule has 0 aliphatic carbocycles. The van der Waals surface area contributed by atoms with Gasteiger partial charge in [-0.2, -0.15) is 13.2 Å². The zero-order valence-corrected chi connectivity index (χ0v) is 15.2. The van der Waals surface area contributed by atoms with Crippen molar-refractivity contribution in [1.82, 2.24) is 10.6 Å². The predicted molar refractivity (Wildman–Crippen MR) is 93.9 cm³/mol. The van der Waals surface area contributed by atoms with Crippen LogP contribution in [0.4, 0.5) is 13.2 Å². The fourth-order valence-corrected chi connectivity index (χ4v) is 2.39. The standard InChI is InChI=1S/C18H26F3N3O2/c1-3-22-16(24-10-17(2)11-26-12-17)23-8-14-4-6-15(7-5-14)9-25-13-18(19,20)21/h4-7H,3,8-13H2,1-2H3,(H2,22,23,24). The number of ether oxygens (including phenoxy) is 2. The minimum Gasteiger partial charge on any atom is -0.380 e. The Morgan fingerprint density at radius 2 is 1.85 bits per heavy atom. The topological polar surface area (TPSA) is 54.9 Å². The molecule has 26 heavy (non-hydrogen) atoms. The average molecular weight is 373 g/mol. The van der Waals surface area contributed by atoms with E-state index >= 15 is 0 Å². The van der Waals surface area contributed by atoms with Crippen molar-refractivity contribution in [2.24, 2.45) is 10.4 Å². The lowest BCUT2D eigenvalue weighted by molar-refractivity contribution is -0.176. The molecule has 0 unspecified atom stereocenters. The van der Waals surface area contributed by atoms with Crippen LogP contribution in [0.15, 0.2) is 29.3 Å². The van der Waals surface area contributed by atoms with E-state index in [1.165, 1.54) is 0 Å². The fourth-order valence-electron chi connectivity index (χ4n) is 2.39. The van der Waals surface area contributed by atoms with E-state index in [1.807, 2.05) is 19.1 Å². The predicted octanol–water partition coefficient (Wildman–Crippen LogP) is 2.86. The number of aliphatic imine (C=N–C) groups is 1. The highest BCUT2D eigenvalue weighted by Crippen LogP contribution is 2.25. The highest BCUT2D eigenvalue weighted by molar-refractivity contribution is 5.79. The number of hydrogen-bond acceptors (Lipinski definition) is 3. The van der Waals surface area contributed by atoms with Gasteiger partial charge in [0.1, 0.15) is 6.61 Å². The summed E-state index contributed by atoms with van der Waals surface area (Å²) >= 11 is 0. The van der Waals surface area contributed by atoms with E-state index in [0.29, 0.717) is 12.1 Å². The van der Waals surface area contributed by atoms with Crippen molar-refractivity contribution >= 4 is 5.96 Å². The molecule has 1 fully saturated rings. The number of halogens is 3. The lowest BCUT2D eigenvalue weighted by Crippen LogP contribution is -2.51. The van der Waals surface area contributed by atoms with Crippen LogP contribution in [-0.2, 0) is 22.6 Å². The van der Waals surface area contributed by atoms with E-state index in [4.69, 9.17) is 4.74 Å². The molecule has 0 saturated carbocycles. The first kappa shape index (κ1) is 20.5. The van der Waals surface area contributed by atoms with Gasteiger partial charge in [0.2, 0.25) is 0 Å². The van der Waals surface area contributed by atoms with Crippen molar-refractivity contribution in [3.63, 3.8) is 0 Å². The summed E-state index contributed by atoms with van der Waals surface area (Å²) in [6.45, 7) is 6.38. The summed E-state index contributed by atoms with van der Waals surface area (Å²) in [5.74, 6) is 0.734. The van der Waals surface area contributed by atoms with E-state index in [1.54, 1.807) is 12.1 Å². The summed E-state index contributed by atoms with van der Waals surface area (Å²) in [7, 11) is 0. The van der Waals surface area contributed by atoms with Crippen molar-refractivity contribution in [3.8, 4) is 0 Å². The van der Waals surface area contributed by atoms with E-state index < -0.39 is 12.8 Å². The van der Waals surface area contributed by atoms with Gasteiger partial charge in [0.05, 0.1) is 26.4 Å². The molecule has 1 aromatic carbocycles. The van der Waals surface area contributed by atoms with Crippen LogP contribution >= 0.6 is 0 Å². The van der Waals surface area contributed by atoms with Crippen LogP contribution in [0.25, 0.3) is 0 Å². The SMILES string of the molecule is CCNC(=NCc1ccc(COCC(F)(F)F)cc1)NCC1(C)COC1. The Morgan fingerprint density at radius 3 is 2.38 bits per heavy atom. The summed E-state index contributed by atoms with van der Waals surface area (Å²) in [4.78, 5) is 4.54. The lowest BCUT2D eigenvalue weighted by Gasteiger charge is -2.38. The van der Waals surface area contributed by atoms with Crippen molar-refractivity contribution < 1.29 is 22.6 Å². The molecule has 0 spiro atoms. The number of alkyl halides is 3. The molecule has 0 aromatic heterocycles. The Hall–Kier alpha value is -1.80. The second kappa shape index (κ2) is 9.23. The molecule has 5 nitrogen and oxygen atoms in total. The van der Waals surface area contributed by atoms with E-state index in [9.17, 15) is 13.2 Å². The van der Waals surface area contributed by atoms with E-state index in [-0.39, 0.29) is 12.0 Å². The molecule has 146 valence electrons. The molecule has 8 heteroatoms. The highest BCUT2D eigenvalue weighted by atomic mass is 19.4. The molecule has 2 rings (SSSR count). The lowest BCUT2D eigenvalue weighted by atomic mass is 9.89. The van der Waals surface area contributed by atoms with Crippen LogP contribution in [0.1, 0.15) is 25.0 Å². The summed E-state index contributed by atoms with van der Waals surface area (Å²) in [5.41, 5.74) is 1.82. The Morgan fingerprint density at radius 1 is 1.19 bits per heavy atom. The van der Waals surface area contributed by atoms with Crippen molar-refractivity contribution in [2.75, 3.05) is 32.9 Å². The van der Waals surface area contributed by atoms with Crippen LogP contribution in [-0.4, -0.2) is 45.0 Å². The second-order valence-corrected chi connectivity index (χ2v) is 6.78. The molecular formula is C18H26F3N3O2. The maximum atomic E-state index is 12.1. The minimum atomic E-state index is -4.30. The van der Waals surface area contributed by atoms with Gasteiger partial charge in [-0.15, -0.1) is 0 Å². The first-order valence-electron chi connectivity index (χ1n) is 8.62. The maximum Gasteiger partial charge on any atom is 0.411 e. The van der Waals surface area contributed by atoms with E-state index in [2.05, 4.69) is 27.3 Å². The molecule has 0 atom stereocenters.